The predicted molar refractivity (Wildman–Crippen MR) is 117 cm³/mol. The molecule has 0 spiro atoms. The average Bonchev–Trinajstić information content (AvgIpc) is 2.96. The van der Waals surface area contributed by atoms with E-state index in [1.165, 1.54) is 4.90 Å². The maximum absolute atomic E-state index is 13.6. The van der Waals surface area contributed by atoms with Crippen LogP contribution in [0.1, 0.15) is 36.5 Å². The Morgan fingerprint density at radius 1 is 0.931 bits per heavy atom. The van der Waals surface area contributed by atoms with Gasteiger partial charge >= 0.3 is 0 Å². The molecule has 2 heterocycles. The lowest BCUT2D eigenvalue weighted by Gasteiger charge is -2.32. The van der Waals surface area contributed by atoms with Gasteiger partial charge < -0.3 is 4.90 Å². The molecule has 2 aromatic carbocycles. The summed E-state index contributed by atoms with van der Waals surface area (Å²) in [6.07, 6.45) is 2.03. The number of hydrogen-bond donors (Lipinski definition) is 0. The van der Waals surface area contributed by atoms with Gasteiger partial charge in [-0.1, -0.05) is 42.8 Å². The van der Waals surface area contributed by atoms with Gasteiger partial charge in [-0.3, -0.25) is 9.59 Å². The minimum atomic E-state index is -0.264. The molecule has 29 heavy (non-hydrogen) atoms. The summed E-state index contributed by atoms with van der Waals surface area (Å²) >= 11 is 6.06. The Labute approximate surface area is 176 Å². The molecule has 2 amide bonds. The number of rotatable bonds is 3. The zero-order chi connectivity index (χ0) is 20.7. The molecule has 2 aliphatic heterocycles. The number of carbonyl (C=O) groups excluding carboxylic acids is 2. The fraction of sp³-hybridized carbons (Fsp3) is 0.333. The number of benzene rings is 2. The second-order valence-corrected chi connectivity index (χ2v) is 8.50. The summed E-state index contributed by atoms with van der Waals surface area (Å²) in [5, 5.41) is 0.603. The molecule has 2 aliphatic rings. The third kappa shape index (κ3) is 3.46. The number of piperidine rings is 1. The number of nitrogens with zero attached hydrogens (tertiary/aromatic N) is 2. The standard InChI is InChI=1S/C24H25ClN2O2/c1-15-11-13-26(14-12-15)22-21(18-7-9-19(25)10-8-18)23(28)27(24(22)29)20-6-4-5-16(2)17(20)3/h4-10,15H,11-14H2,1-3H3. The van der Waals surface area contributed by atoms with Crippen molar-refractivity contribution in [2.24, 2.45) is 5.92 Å². The maximum Gasteiger partial charge on any atom is 0.282 e. The molecule has 0 radical (unpaired) electrons. The Hall–Kier alpha value is -2.59. The van der Waals surface area contributed by atoms with Gasteiger partial charge in [0, 0.05) is 18.1 Å². The molecule has 5 heteroatoms. The molecule has 4 nitrogen and oxygen atoms in total. The highest BCUT2D eigenvalue weighted by molar-refractivity contribution is 6.45. The molecule has 150 valence electrons. The van der Waals surface area contributed by atoms with E-state index in [0.717, 1.165) is 42.6 Å². The van der Waals surface area contributed by atoms with Crippen LogP contribution in [-0.4, -0.2) is 29.8 Å². The molecule has 0 bridgehead atoms. The van der Waals surface area contributed by atoms with Gasteiger partial charge in [-0.2, -0.15) is 0 Å². The van der Waals surface area contributed by atoms with E-state index in [9.17, 15) is 9.59 Å². The smallest absolute Gasteiger partial charge is 0.282 e. The Bertz CT molecular complexity index is 1000. The zero-order valence-corrected chi connectivity index (χ0v) is 17.8. The van der Waals surface area contributed by atoms with Crippen molar-refractivity contribution in [2.75, 3.05) is 18.0 Å². The highest BCUT2D eigenvalue weighted by atomic mass is 35.5. The van der Waals surface area contributed by atoms with Crippen LogP contribution in [0.5, 0.6) is 0 Å². The summed E-state index contributed by atoms with van der Waals surface area (Å²) in [7, 11) is 0. The number of imide groups is 1. The summed E-state index contributed by atoms with van der Waals surface area (Å²) in [5.41, 5.74) is 4.38. The first-order valence-corrected chi connectivity index (χ1v) is 10.5. The topological polar surface area (TPSA) is 40.6 Å². The summed E-state index contributed by atoms with van der Waals surface area (Å²) in [6.45, 7) is 7.74. The van der Waals surface area contributed by atoms with E-state index >= 15 is 0 Å². The van der Waals surface area contributed by atoms with E-state index in [4.69, 9.17) is 11.6 Å². The van der Waals surface area contributed by atoms with Crippen molar-refractivity contribution >= 4 is 34.7 Å². The molecule has 0 unspecified atom stereocenters. The molecular formula is C24H25ClN2O2. The molecule has 1 fully saturated rings. The molecule has 2 aromatic rings. The van der Waals surface area contributed by atoms with Gasteiger partial charge in [-0.25, -0.2) is 4.90 Å². The summed E-state index contributed by atoms with van der Waals surface area (Å²) < 4.78 is 0. The first-order chi connectivity index (χ1) is 13.9. The second-order valence-electron chi connectivity index (χ2n) is 8.06. The fourth-order valence-electron chi connectivity index (χ4n) is 4.12. The van der Waals surface area contributed by atoms with Gasteiger partial charge in [-0.05, 0) is 67.5 Å². The lowest BCUT2D eigenvalue weighted by molar-refractivity contribution is -0.120. The van der Waals surface area contributed by atoms with E-state index < -0.39 is 0 Å². The van der Waals surface area contributed by atoms with Crippen LogP contribution in [0.25, 0.3) is 5.57 Å². The van der Waals surface area contributed by atoms with Crippen molar-refractivity contribution in [3.05, 3.63) is 69.9 Å². The van der Waals surface area contributed by atoms with Crippen LogP contribution in [0, 0.1) is 19.8 Å². The maximum atomic E-state index is 13.6. The van der Waals surface area contributed by atoms with Gasteiger partial charge in [0.15, 0.2) is 0 Å². The Morgan fingerprint density at radius 2 is 1.59 bits per heavy atom. The Morgan fingerprint density at radius 3 is 2.24 bits per heavy atom. The molecule has 4 rings (SSSR count). The van der Waals surface area contributed by atoms with Gasteiger partial charge in [0.05, 0.1) is 11.3 Å². The highest BCUT2D eigenvalue weighted by Gasteiger charge is 2.43. The monoisotopic (exact) mass is 408 g/mol. The third-order valence-corrected chi connectivity index (χ3v) is 6.36. The third-order valence-electron chi connectivity index (χ3n) is 6.11. The van der Waals surface area contributed by atoms with E-state index in [1.54, 1.807) is 12.1 Å². The summed E-state index contributed by atoms with van der Waals surface area (Å²) in [5.74, 6) is 0.135. The van der Waals surface area contributed by atoms with Crippen molar-refractivity contribution in [2.45, 2.75) is 33.6 Å². The number of hydrogen-bond acceptors (Lipinski definition) is 3. The van der Waals surface area contributed by atoms with Crippen LogP contribution in [0.2, 0.25) is 5.02 Å². The average molecular weight is 409 g/mol. The fourth-order valence-corrected chi connectivity index (χ4v) is 4.24. The first kappa shape index (κ1) is 19.7. The van der Waals surface area contributed by atoms with E-state index in [1.807, 2.05) is 44.2 Å². The Balaban J connectivity index is 1.83. The van der Waals surface area contributed by atoms with Crippen LogP contribution in [0.3, 0.4) is 0 Å². The number of amides is 2. The predicted octanol–water partition coefficient (Wildman–Crippen LogP) is 4.97. The van der Waals surface area contributed by atoms with Gasteiger partial charge in [0.2, 0.25) is 0 Å². The van der Waals surface area contributed by atoms with Crippen LogP contribution < -0.4 is 4.90 Å². The Kier molecular flexibility index (Phi) is 5.22. The number of anilines is 1. The van der Waals surface area contributed by atoms with Crippen molar-refractivity contribution in [3.63, 3.8) is 0 Å². The van der Waals surface area contributed by atoms with Crippen LogP contribution in [0.4, 0.5) is 5.69 Å². The first-order valence-electron chi connectivity index (χ1n) is 10.1. The zero-order valence-electron chi connectivity index (χ0n) is 17.0. The molecule has 0 saturated carbocycles. The van der Waals surface area contributed by atoms with Crippen molar-refractivity contribution in [3.8, 4) is 0 Å². The second kappa shape index (κ2) is 7.68. The molecule has 0 atom stereocenters. The van der Waals surface area contributed by atoms with Gasteiger partial charge in [-0.15, -0.1) is 0 Å². The summed E-state index contributed by atoms with van der Waals surface area (Å²) in [4.78, 5) is 30.6. The van der Waals surface area contributed by atoms with Crippen molar-refractivity contribution in [1.82, 2.24) is 4.90 Å². The van der Waals surface area contributed by atoms with Crippen molar-refractivity contribution in [1.29, 1.82) is 0 Å². The molecular weight excluding hydrogens is 384 g/mol. The minimum absolute atomic E-state index is 0.233. The highest BCUT2D eigenvalue weighted by Crippen LogP contribution is 2.38. The van der Waals surface area contributed by atoms with Crippen LogP contribution >= 0.6 is 11.6 Å². The van der Waals surface area contributed by atoms with E-state index in [2.05, 4.69) is 11.8 Å². The van der Waals surface area contributed by atoms with Crippen LogP contribution in [0.15, 0.2) is 48.2 Å². The lowest BCUT2D eigenvalue weighted by Crippen LogP contribution is -2.38. The van der Waals surface area contributed by atoms with Crippen LogP contribution in [-0.2, 0) is 9.59 Å². The molecule has 0 aliphatic carbocycles. The quantitative estimate of drug-likeness (QED) is 0.673. The normalized spacial score (nSPS) is 18.2. The number of likely N-dealkylation sites (tertiary alicyclic amines) is 1. The number of aryl methyl sites for hydroxylation is 1. The van der Waals surface area contributed by atoms with Crippen molar-refractivity contribution < 1.29 is 9.59 Å². The van der Waals surface area contributed by atoms with Gasteiger partial charge in [0.1, 0.15) is 5.70 Å². The molecule has 0 aromatic heterocycles. The van der Waals surface area contributed by atoms with E-state index in [0.29, 0.717) is 27.9 Å². The molecule has 1 saturated heterocycles. The number of halogens is 1. The lowest BCUT2D eigenvalue weighted by atomic mass is 9.97. The molecule has 0 N–H and O–H groups in total. The number of carbonyl (C=O) groups is 2. The van der Waals surface area contributed by atoms with E-state index in [-0.39, 0.29) is 11.8 Å². The largest absolute Gasteiger partial charge is 0.366 e. The minimum Gasteiger partial charge on any atom is -0.366 e. The SMILES string of the molecule is Cc1cccc(N2C(=O)C(c3ccc(Cl)cc3)=C(N3CCC(C)CC3)C2=O)c1C. The summed E-state index contributed by atoms with van der Waals surface area (Å²) in [6, 6.07) is 12.9. The van der Waals surface area contributed by atoms with Gasteiger partial charge in [0.25, 0.3) is 11.8 Å².